The predicted molar refractivity (Wildman–Crippen MR) is 56.0 cm³/mol. The van der Waals surface area contributed by atoms with Crippen LogP contribution in [0.5, 0.6) is 0 Å². The number of hydrogen-bond donors (Lipinski definition) is 2. The lowest BCUT2D eigenvalue weighted by Gasteiger charge is -2.26. The molecule has 0 spiro atoms. The number of ether oxygens (including phenoxy) is 1. The monoisotopic (exact) mass is 198 g/mol. The highest BCUT2D eigenvalue weighted by Gasteiger charge is 2.22. The fourth-order valence-corrected chi connectivity index (χ4v) is 1.26. The Kier molecular flexibility index (Phi) is 3.66. The van der Waals surface area contributed by atoms with Gasteiger partial charge in [-0.15, -0.1) is 0 Å². The molecule has 0 aromatic heterocycles. The summed E-state index contributed by atoms with van der Waals surface area (Å²) in [6.45, 7) is 6.12. The summed E-state index contributed by atoms with van der Waals surface area (Å²) >= 11 is 0. The summed E-state index contributed by atoms with van der Waals surface area (Å²) in [5.74, 6) is 0. The van der Waals surface area contributed by atoms with E-state index in [2.05, 4.69) is 10.3 Å². The minimum Gasteiger partial charge on any atom is -0.393 e. The van der Waals surface area contributed by atoms with Crippen LogP contribution in [0.25, 0.3) is 0 Å². The number of hydrogen-bond acceptors (Lipinski definition) is 4. The lowest BCUT2D eigenvalue weighted by molar-refractivity contribution is -0.00439. The van der Waals surface area contributed by atoms with E-state index in [9.17, 15) is 0 Å². The molecule has 0 amide bonds. The first-order valence-corrected chi connectivity index (χ1v) is 4.83. The molecule has 4 nitrogen and oxygen atoms in total. The predicted octanol–water partition coefficient (Wildman–Crippen LogP) is 1.03. The molecule has 1 rings (SSSR count). The van der Waals surface area contributed by atoms with Crippen LogP contribution in [0, 0.1) is 0 Å². The first-order valence-electron chi connectivity index (χ1n) is 4.83. The lowest BCUT2D eigenvalue weighted by Crippen LogP contribution is -2.31. The van der Waals surface area contributed by atoms with E-state index in [4.69, 9.17) is 9.84 Å². The quantitative estimate of drug-likeness (QED) is 0.709. The van der Waals surface area contributed by atoms with Gasteiger partial charge in [0.15, 0.2) is 5.72 Å². The van der Waals surface area contributed by atoms with Gasteiger partial charge in [0.25, 0.3) is 0 Å². The molecule has 0 fully saturated rings. The van der Waals surface area contributed by atoms with Gasteiger partial charge in [-0.2, -0.15) is 0 Å². The zero-order chi connectivity index (χ0) is 10.6. The van der Waals surface area contributed by atoms with E-state index in [0.717, 1.165) is 5.70 Å². The highest BCUT2D eigenvalue weighted by Crippen LogP contribution is 2.18. The van der Waals surface area contributed by atoms with Gasteiger partial charge in [-0.1, -0.05) is 0 Å². The third-order valence-corrected chi connectivity index (χ3v) is 2.03. The normalized spacial score (nSPS) is 28.1. The number of nitrogens with zero attached hydrogens (tertiary/aromatic N) is 1. The van der Waals surface area contributed by atoms with Crippen molar-refractivity contribution in [1.82, 2.24) is 5.32 Å². The molecule has 14 heavy (non-hydrogen) atoms. The smallest absolute Gasteiger partial charge is 0.178 e. The van der Waals surface area contributed by atoms with Crippen molar-refractivity contribution < 1.29 is 9.84 Å². The maximum absolute atomic E-state index is 9.07. The van der Waals surface area contributed by atoms with E-state index in [1.54, 1.807) is 13.3 Å². The Morgan fingerprint density at radius 1 is 1.71 bits per heavy atom. The molecule has 1 heterocycles. The van der Waals surface area contributed by atoms with Gasteiger partial charge in [-0.3, -0.25) is 0 Å². The maximum atomic E-state index is 9.07. The summed E-state index contributed by atoms with van der Waals surface area (Å²) in [7, 11) is 0. The third kappa shape index (κ3) is 3.47. The van der Waals surface area contributed by atoms with Crippen molar-refractivity contribution in [1.29, 1.82) is 0 Å². The number of nitrogens with one attached hydrogen (secondary N) is 1. The van der Waals surface area contributed by atoms with Gasteiger partial charge >= 0.3 is 0 Å². The number of aliphatic imine (C=N–C) groups is 1. The van der Waals surface area contributed by atoms with Gasteiger partial charge in [0, 0.05) is 5.70 Å². The molecule has 1 aliphatic heterocycles. The largest absolute Gasteiger partial charge is 0.393 e. The molecule has 0 aliphatic carbocycles. The van der Waals surface area contributed by atoms with Crippen molar-refractivity contribution in [3.8, 4) is 0 Å². The van der Waals surface area contributed by atoms with Crippen molar-refractivity contribution in [3.63, 3.8) is 0 Å². The Bertz CT molecular complexity index is 249. The molecule has 0 bridgehead atoms. The summed E-state index contributed by atoms with van der Waals surface area (Å²) in [5, 5.41) is 12.0. The second kappa shape index (κ2) is 4.57. The molecule has 80 valence electrons. The van der Waals surface area contributed by atoms with Gasteiger partial charge in [0.2, 0.25) is 0 Å². The van der Waals surface area contributed by atoms with Crippen molar-refractivity contribution in [3.05, 3.63) is 11.8 Å². The van der Waals surface area contributed by atoms with Crippen LogP contribution in [0.4, 0.5) is 0 Å². The molecule has 0 saturated heterocycles. The summed E-state index contributed by atoms with van der Waals surface area (Å²) < 4.78 is 5.58. The second-order valence-electron chi connectivity index (χ2n) is 3.77. The Balaban J connectivity index is 2.41. The fraction of sp³-hybridized carbons (Fsp3) is 0.700. The van der Waals surface area contributed by atoms with Gasteiger partial charge in [-0.25, -0.2) is 4.99 Å². The van der Waals surface area contributed by atoms with Gasteiger partial charge in [-0.05, 0) is 33.3 Å². The second-order valence-corrected chi connectivity index (χ2v) is 3.77. The standard InChI is InChI=1S/C10H18N2O2/c1-8-6-10(3,12-7-11-8)14-5-4-9(2)13/h6-7,9,13H,4-5H2,1-3H3,(H,11,12)/t9-,10?/m1/s1. The third-order valence-electron chi connectivity index (χ3n) is 2.03. The first-order chi connectivity index (χ1) is 6.52. The average Bonchev–Trinajstić information content (AvgIpc) is 2.01. The Labute approximate surface area is 84.7 Å². The summed E-state index contributed by atoms with van der Waals surface area (Å²) in [4.78, 5) is 4.19. The number of aliphatic hydroxyl groups is 1. The van der Waals surface area contributed by atoms with Crippen LogP contribution < -0.4 is 5.32 Å². The molecule has 0 aromatic rings. The van der Waals surface area contributed by atoms with E-state index >= 15 is 0 Å². The lowest BCUT2D eigenvalue weighted by atomic mass is 10.2. The fourth-order valence-electron chi connectivity index (χ4n) is 1.26. The molecule has 2 atom stereocenters. The number of aliphatic hydroxyl groups excluding tert-OH is 1. The van der Waals surface area contributed by atoms with Gasteiger partial charge in [0.1, 0.15) is 0 Å². The van der Waals surface area contributed by atoms with E-state index < -0.39 is 5.72 Å². The molecule has 2 N–H and O–H groups in total. The summed E-state index contributed by atoms with van der Waals surface area (Å²) in [5.41, 5.74) is 0.448. The Morgan fingerprint density at radius 2 is 2.43 bits per heavy atom. The molecule has 0 saturated carbocycles. The number of allylic oxidation sites excluding steroid dienone is 1. The molecule has 4 heteroatoms. The molecule has 0 aromatic carbocycles. The minimum absolute atomic E-state index is 0.325. The topological polar surface area (TPSA) is 53.9 Å². The zero-order valence-electron chi connectivity index (χ0n) is 8.95. The van der Waals surface area contributed by atoms with Crippen molar-refractivity contribution >= 4 is 6.34 Å². The van der Waals surface area contributed by atoms with E-state index in [1.165, 1.54) is 0 Å². The van der Waals surface area contributed by atoms with Crippen molar-refractivity contribution in [2.24, 2.45) is 4.99 Å². The van der Waals surface area contributed by atoms with Crippen LogP contribution in [0.1, 0.15) is 27.2 Å². The van der Waals surface area contributed by atoms with Gasteiger partial charge in [0.05, 0.1) is 19.0 Å². The van der Waals surface area contributed by atoms with Crippen LogP contribution in [0.15, 0.2) is 16.8 Å². The average molecular weight is 198 g/mol. The van der Waals surface area contributed by atoms with E-state index in [1.807, 2.05) is 19.9 Å². The number of rotatable bonds is 4. The molecule has 1 aliphatic rings. The van der Waals surface area contributed by atoms with E-state index in [-0.39, 0.29) is 6.10 Å². The zero-order valence-corrected chi connectivity index (χ0v) is 8.95. The summed E-state index contributed by atoms with van der Waals surface area (Å²) in [6.07, 6.45) is 3.87. The van der Waals surface area contributed by atoms with Crippen LogP contribution in [-0.2, 0) is 4.74 Å². The molecule has 0 radical (unpaired) electrons. The van der Waals surface area contributed by atoms with Crippen molar-refractivity contribution in [2.75, 3.05) is 6.61 Å². The van der Waals surface area contributed by atoms with Crippen LogP contribution in [0.2, 0.25) is 0 Å². The highest BCUT2D eigenvalue weighted by molar-refractivity contribution is 5.60. The highest BCUT2D eigenvalue weighted by atomic mass is 16.5. The van der Waals surface area contributed by atoms with E-state index in [0.29, 0.717) is 13.0 Å². The molecular formula is C10H18N2O2. The minimum atomic E-state index is -0.579. The Morgan fingerprint density at radius 3 is 3.00 bits per heavy atom. The maximum Gasteiger partial charge on any atom is 0.178 e. The van der Waals surface area contributed by atoms with Crippen molar-refractivity contribution in [2.45, 2.75) is 39.0 Å². The molecular weight excluding hydrogens is 180 g/mol. The SMILES string of the molecule is CC1=CC(C)(OCC[C@@H](C)O)N=CN1. The summed E-state index contributed by atoms with van der Waals surface area (Å²) in [6, 6.07) is 0. The van der Waals surface area contributed by atoms with Crippen LogP contribution in [0.3, 0.4) is 0 Å². The van der Waals surface area contributed by atoms with Crippen LogP contribution >= 0.6 is 0 Å². The molecule has 1 unspecified atom stereocenters. The first kappa shape index (κ1) is 11.2. The van der Waals surface area contributed by atoms with Crippen LogP contribution in [-0.4, -0.2) is 29.9 Å². The van der Waals surface area contributed by atoms with Gasteiger partial charge < -0.3 is 15.2 Å². The Hall–Kier alpha value is -0.870.